The van der Waals surface area contributed by atoms with Crippen LogP contribution < -0.4 is 21.7 Å². The van der Waals surface area contributed by atoms with E-state index < -0.39 is 29.9 Å². The molecule has 0 heterocycles. The Kier molecular flexibility index (Phi) is 11.5. The number of hydrogen-bond acceptors (Lipinski definition) is 6. The van der Waals surface area contributed by atoms with Crippen LogP contribution in [0.2, 0.25) is 0 Å². The number of carbonyl (C=O) groups is 4. The lowest BCUT2D eigenvalue weighted by Crippen LogP contribution is -2.49. The zero-order valence-electron chi connectivity index (χ0n) is 16.4. The summed E-state index contributed by atoms with van der Waals surface area (Å²) in [5.41, 5.74) is 14.0. The van der Waals surface area contributed by atoms with E-state index in [4.69, 9.17) is 16.0 Å². The normalized spacial score (nSPS) is 10.8. The standard InChI is InChI=1S/C18H25N7O5/c19-15(26)8-7-14(24-18(29)30-12-13-5-2-1-3-6-13)17(28)22-11-16(27)21-9-4-10-23-25-20/h1-3,5-6,14H,4,7-12H2,(H2,19,26)(H,21,27)(H,22,28)(H,24,29). The summed E-state index contributed by atoms with van der Waals surface area (Å²) in [6.45, 7) is 0.208. The number of nitrogens with two attached hydrogens (primary N) is 1. The Morgan fingerprint density at radius 2 is 1.90 bits per heavy atom. The molecule has 5 N–H and O–H groups in total. The first-order valence-electron chi connectivity index (χ1n) is 9.23. The van der Waals surface area contributed by atoms with Crippen LogP contribution in [0.1, 0.15) is 24.8 Å². The molecule has 1 unspecified atom stereocenters. The Balaban J connectivity index is 2.47. The lowest BCUT2D eigenvalue weighted by atomic mass is 10.1. The zero-order chi connectivity index (χ0) is 22.2. The SMILES string of the molecule is [N-]=[N+]=NCCCNC(=O)CNC(=O)C(CCC(N)=O)NC(=O)OCc1ccccc1. The highest BCUT2D eigenvalue weighted by atomic mass is 16.5. The Morgan fingerprint density at radius 3 is 2.57 bits per heavy atom. The molecule has 0 saturated heterocycles. The number of alkyl carbamates (subject to hydrolysis) is 1. The van der Waals surface area contributed by atoms with Crippen molar-refractivity contribution in [1.29, 1.82) is 0 Å². The fourth-order valence-electron chi connectivity index (χ4n) is 2.24. The molecule has 30 heavy (non-hydrogen) atoms. The Bertz CT molecular complexity index is 765. The lowest BCUT2D eigenvalue weighted by molar-refractivity contribution is -0.127. The maximum Gasteiger partial charge on any atom is 0.408 e. The topological polar surface area (TPSA) is 188 Å². The van der Waals surface area contributed by atoms with Gasteiger partial charge in [0.05, 0.1) is 6.54 Å². The molecule has 0 fully saturated rings. The maximum atomic E-state index is 12.3. The van der Waals surface area contributed by atoms with E-state index in [0.717, 1.165) is 5.56 Å². The average Bonchev–Trinajstić information content (AvgIpc) is 2.74. The summed E-state index contributed by atoms with van der Waals surface area (Å²) in [4.78, 5) is 49.7. The predicted molar refractivity (Wildman–Crippen MR) is 107 cm³/mol. The molecule has 4 amide bonds. The van der Waals surface area contributed by atoms with Gasteiger partial charge in [0.25, 0.3) is 0 Å². The van der Waals surface area contributed by atoms with Gasteiger partial charge in [-0.05, 0) is 23.9 Å². The van der Waals surface area contributed by atoms with Crippen molar-refractivity contribution < 1.29 is 23.9 Å². The van der Waals surface area contributed by atoms with Crippen molar-refractivity contribution in [3.8, 4) is 0 Å². The molecular formula is C18H25N7O5. The van der Waals surface area contributed by atoms with Gasteiger partial charge in [0, 0.05) is 24.4 Å². The first-order valence-corrected chi connectivity index (χ1v) is 9.23. The summed E-state index contributed by atoms with van der Waals surface area (Å²) in [5, 5.41) is 10.6. The number of benzene rings is 1. The van der Waals surface area contributed by atoms with Crippen LogP contribution in [0.5, 0.6) is 0 Å². The molecule has 0 radical (unpaired) electrons. The van der Waals surface area contributed by atoms with Crippen molar-refractivity contribution in [2.45, 2.75) is 31.9 Å². The van der Waals surface area contributed by atoms with Gasteiger partial charge in [-0.2, -0.15) is 0 Å². The van der Waals surface area contributed by atoms with Crippen LogP contribution in [0, 0.1) is 0 Å². The number of carbonyl (C=O) groups excluding carboxylic acids is 4. The molecule has 0 aliphatic rings. The summed E-state index contributed by atoms with van der Waals surface area (Å²) in [6, 6.07) is 7.86. The van der Waals surface area contributed by atoms with Crippen LogP contribution >= 0.6 is 0 Å². The summed E-state index contributed by atoms with van der Waals surface area (Å²) in [7, 11) is 0. The number of amides is 4. The Morgan fingerprint density at radius 1 is 1.17 bits per heavy atom. The van der Waals surface area contributed by atoms with E-state index in [1.807, 2.05) is 6.07 Å². The number of nitrogens with one attached hydrogen (secondary N) is 3. The van der Waals surface area contributed by atoms with Crippen LogP contribution in [0.25, 0.3) is 10.4 Å². The van der Waals surface area contributed by atoms with Crippen molar-refractivity contribution >= 4 is 23.8 Å². The first-order chi connectivity index (χ1) is 14.4. The van der Waals surface area contributed by atoms with Gasteiger partial charge < -0.3 is 26.4 Å². The molecule has 12 nitrogen and oxygen atoms in total. The third-order valence-corrected chi connectivity index (χ3v) is 3.74. The highest BCUT2D eigenvalue weighted by molar-refractivity contribution is 5.89. The third kappa shape index (κ3) is 11.1. The Labute approximate surface area is 173 Å². The molecule has 0 aromatic heterocycles. The molecular weight excluding hydrogens is 394 g/mol. The molecule has 1 rings (SSSR count). The van der Waals surface area contributed by atoms with Crippen molar-refractivity contribution in [1.82, 2.24) is 16.0 Å². The second-order valence-electron chi connectivity index (χ2n) is 6.14. The number of primary amides is 1. The van der Waals surface area contributed by atoms with E-state index in [2.05, 4.69) is 26.0 Å². The van der Waals surface area contributed by atoms with Gasteiger partial charge in [0.1, 0.15) is 12.6 Å². The highest BCUT2D eigenvalue weighted by Gasteiger charge is 2.22. The molecule has 1 atom stereocenters. The summed E-state index contributed by atoms with van der Waals surface area (Å²) >= 11 is 0. The van der Waals surface area contributed by atoms with Gasteiger partial charge in [-0.15, -0.1) is 0 Å². The van der Waals surface area contributed by atoms with E-state index in [0.29, 0.717) is 6.42 Å². The highest BCUT2D eigenvalue weighted by Crippen LogP contribution is 2.02. The third-order valence-electron chi connectivity index (χ3n) is 3.74. The van der Waals surface area contributed by atoms with Crippen LogP contribution in [0.3, 0.4) is 0 Å². The van der Waals surface area contributed by atoms with Gasteiger partial charge in [0.2, 0.25) is 17.7 Å². The molecule has 1 aromatic carbocycles. The molecule has 0 aliphatic heterocycles. The quantitative estimate of drug-likeness (QED) is 0.156. The predicted octanol–water partition coefficient (Wildman–Crippen LogP) is 0.480. The van der Waals surface area contributed by atoms with E-state index >= 15 is 0 Å². The Hall–Kier alpha value is -3.79. The minimum Gasteiger partial charge on any atom is -0.445 e. The van der Waals surface area contributed by atoms with Crippen LogP contribution in [0.15, 0.2) is 35.4 Å². The second kappa shape index (κ2) is 14.2. The molecule has 0 bridgehead atoms. The van der Waals surface area contributed by atoms with E-state index in [-0.39, 0.29) is 39.1 Å². The van der Waals surface area contributed by atoms with Gasteiger partial charge in [0.15, 0.2) is 0 Å². The molecule has 0 aliphatic carbocycles. The molecule has 12 heteroatoms. The van der Waals surface area contributed by atoms with Crippen molar-refractivity contribution in [2.24, 2.45) is 10.8 Å². The number of ether oxygens (including phenoxy) is 1. The first kappa shape index (κ1) is 24.2. The van der Waals surface area contributed by atoms with Gasteiger partial charge >= 0.3 is 6.09 Å². The largest absolute Gasteiger partial charge is 0.445 e. The fraction of sp³-hybridized carbons (Fsp3) is 0.444. The van der Waals surface area contributed by atoms with Crippen LogP contribution in [-0.2, 0) is 25.7 Å². The van der Waals surface area contributed by atoms with Crippen LogP contribution in [0.4, 0.5) is 4.79 Å². The summed E-state index contributed by atoms with van der Waals surface area (Å²) in [5.74, 6) is -1.74. The minimum atomic E-state index is -1.10. The van der Waals surface area contributed by atoms with Gasteiger partial charge in [-0.25, -0.2) is 4.79 Å². The summed E-state index contributed by atoms with van der Waals surface area (Å²) < 4.78 is 5.07. The van der Waals surface area contributed by atoms with E-state index in [1.165, 1.54) is 0 Å². The van der Waals surface area contributed by atoms with E-state index in [1.54, 1.807) is 24.3 Å². The minimum absolute atomic E-state index is 0.00901. The van der Waals surface area contributed by atoms with Crippen LogP contribution in [-0.4, -0.2) is 49.5 Å². The van der Waals surface area contributed by atoms with Crippen molar-refractivity contribution in [3.63, 3.8) is 0 Å². The van der Waals surface area contributed by atoms with Gasteiger partial charge in [-0.1, -0.05) is 35.4 Å². The lowest BCUT2D eigenvalue weighted by Gasteiger charge is -2.18. The molecule has 162 valence electrons. The number of rotatable bonds is 13. The number of hydrogen-bond donors (Lipinski definition) is 4. The number of azide groups is 1. The zero-order valence-corrected chi connectivity index (χ0v) is 16.4. The molecule has 0 saturated carbocycles. The van der Waals surface area contributed by atoms with Crippen molar-refractivity contribution in [2.75, 3.05) is 19.6 Å². The van der Waals surface area contributed by atoms with Gasteiger partial charge in [-0.3, -0.25) is 14.4 Å². The fourth-order valence-corrected chi connectivity index (χ4v) is 2.24. The molecule has 1 aromatic rings. The monoisotopic (exact) mass is 419 g/mol. The summed E-state index contributed by atoms with van der Waals surface area (Å²) in [6.07, 6.45) is -0.566. The van der Waals surface area contributed by atoms with E-state index in [9.17, 15) is 19.2 Å². The smallest absolute Gasteiger partial charge is 0.408 e. The number of nitrogens with zero attached hydrogens (tertiary/aromatic N) is 3. The average molecular weight is 419 g/mol. The van der Waals surface area contributed by atoms with Crippen molar-refractivity contribution in [3.05, 3.63) is 46.3 Å². The maximum absolute atomic E-state index is 12.3. The molecule has 0 spiro atoms. The second-order valence-corrected chi connectivity index (χ2v) is 6.14.